The van der Waals surface area contributed by atoms with Crippen molar-refractivity contribution in [2.45, 2.75) is 361 Å². The Balaban J connectivity index is 3.06. The Hall–Kier alpha value is -0.0400. The lowest BCUT2D eigenvalue weighted by Crippen LogP contribution is -1.97. The predicted molar refractivity (Wildman–Crippen MR) is 271 cm³/mol. The molecule has 0 aromatic carbocycles. The number of rotatable bonds is 56. The summed E-state index contributed by atoms with van der Waals surface area (Å²) in [6.45, 7) is 6.62. The third-order valence-corrected chi connectivity index (χ3v) is 13.8. The molecule has 59 heavy (non-hydrogen) atoms. The first-order valence-corrected chi connectivity index (χ1v) is 29.0. The van der Waals surface area contributed by atoms with Crippen molar-refractivity contribution in [1.82, 2.24) is 0 Å². The molecule has 1 heteroatoms. The number of hydrogen-bond acceptors (Lipinski definition) is 1. The van der Waals surface area contributed by atoms with Crippen LogP contribution < -0.4 is 0 Å². The molecular weight excluding hydrogens is 713 g/mol. The topological polar surface area (TPSA) is 9.23 Å². The minimum Gasteiger partial charge on any atom is -0.381 e. The summed E-state index contributed by atoms with van der Waals surface area (Å²) in [4.78, 5) is 0. The van der Waals surface area contributed by atoms with Crippen molar-refractivity contribution >= 4 is 0 Å². The van der Waals surface area contributed by atoms with Gasteiger partial charge in [0, 0.05) is 13.2 Å². The van der Waals surface area contributed by atoms with Crippen LogP contribution >= 0.6 is 0 Å². The van der Waals surface area contributed by atoms with Gasteiger partial charge in [-0.1, -0.05) is 348 Å². The van der Waals surface area contributed by atoms with Crippen molar-refractivity contribution in [2.75, 3.05) is 13.2 Å². The summed E-state index contributed by atoms with van der Waals surface area (Å²) in [6, 6.07) is 0. The fourth-order valence-corrected chi connectivity index (χ4v) is 9.50. The summed E-state index contributed by atoms with van der Waals surface area (Å²) in [5, 5.41) is 0. The Bertz CT molecular complexity index is 616. The van der Waals surface area contributed by atoms with E-state index in [4.69, 9.17) is 4.74 Å². The van der Waals surface area contributed by atoms with E-state index in [1.807, 2.05) is 0 Å². The Kier molecular flexibility index (Phi) is 57.9. The fourth-order valence-electron chi connectivity index (χ4n) is 9.50. The summed E-state index contributed by atoms with van der Waals surface area (Å²) >= 11 is 0. The van der Waals surface area contributed by atoms with Crippen molar-refractivity contribution in [3.8, 4) is 0 Å². The second-order valence-electron chi connectivity index (χ2n) is 20.0. The second-order valence-corrected chi connectivity index (χ2v) is 20.0. The van der Waals surface area contributed by atoms with Gasteiger partial charge in [0.25, 0.3) is 0 Å². The molecule has 0 atom stereocenters. The van der Waals surface area contributed by atoms with E-state index in [0.29, 0.717) is 0 Å². The average molecular weight is 832 g/mol. The Morgan fingerprint density at radius 2 is 0.237 bits per heavy atom. The predicted octanol–water partition coefficient (Wildman–Crippen LogP) is 22.1. The Morgan fingerprint density at radius 3 is 0.356 bits per heavy atom. The maximum atomic E-state index is 5.95. The molecule has 0 bridgehead atoms. The number of ether oxygens (including phenoxy) is 1. The minimum atomic E-state index is 0.999. The molecule has 0 aliphatic rings. The fraction of sp³-hybridized carbons (Fsp3) is 1.00. The monoisotopic (exact) mass is 831 g/mol. The SMILES string of the molecule is CCCCCCCCCCCCCCCCCCCCCCCCCCCCCCOCCCCCCCCCCCCCCCCCCCCCCCCCCCC. The molecule has 0 aromatic rings. The quantitative estimate of drug-likeness (QED) is 0.0555. The Labute approximate surface area is 377 Å². The molecule has 0 saturated heterocycles. The third-order valence-electron chi connectivity index (χ3n) is 13.8. The van der Waals surface area contributed by atoms with Crippen LogP contribution in [-0.4, -0.2) is 13.2 Å². The van der Waals surface area contributed by atoms with Crippen LogP contribution in [0.3, 0.4) is 0 Å². The van der Waals surface area contributed by atoms with Crippen LogP contribution in [0.4, 0.5) is 0 Å². The number of unbranched alkanes of at least 4 members (excludes halogenated alkanes) is 52. The van der Waals surface area contributed by atoms with Crippen LogP contribution in [-0.2, 0) is 4.74 Å². The van der Waals surface area contributed by atoms with Gasteiger partial charge >= 0.3 is 0 Å². The molecule has 0 aliphatic carbocycles. The Morgan fingerprint density at radius 1 is 0.136 bits per heavy atom. The lowest BCUT2D eigenvalue weighted by molar-refractivity contribution is 0.125. The van der Waals surface area contributed by atoms with Crippen molar-refractivity contribution in [3.63, 3.8) is 0 Å². The van der Waals surface area contributed by atoms with Gasteiger partial charge in [-0.15, -0.1) is 0 Å². The highest BCUT2D eigenvalue weighted by molar-refractivity contribution is 4.55. The van der Waals surface area contributed by atoms with E-state index in [9.17, 15) is 0 Å². The lowest BCUT2D eigenvalue weighted by Gasteiger charge is -2.06. The molecular formula is C58H118O. The van der Waals surface area contributed by atoms with E-state index >= 15 is 0 Å². The summed E-state index contributed by atoms with van der Waals surface area (Å²) in [6.07, 6.45) is 78.9. The van der Waals surface area contributed by atoms with Gasteiger partial charge in [-0.3, -0.25) is 0 Å². The summed E-state index contributed by atoms with van der Waals surface area (Å²) in [5.74, 6) is 0. The molecule has 0 saturated carbocycles. The van der Waals surface area contributed by atoms with Gasteiger partial charge in [-0.05, 0) is 12.8 Å². The highest BCUT2D eigenvalue weighted by atomic mass is 16.5. The molecule has 0 aliphatic heterocycles. The summed E-state index contributed by atoms with van der Waals surface area (Å²) in [7, 11) is 0. The minimum absolute atomic E-state index is 0.999. The van der Waals surface area contributed by atoms with Gasteiger partial charge in [0.2, 0.25) is 0 Å². The first-order chi connectivity index (χ1) is 29.4. The molecule has 0 spiro atoms. The lowest BCUT2D eigenvalue weighted by atomic mass is 10.0. The molecule has 0 aromatic heterocycles. The van der Waals surface area contributed by atoms with Gasteiger partial charge in [0.05, 0.1) is 0 Å². The average Bonchev–Trinajstić information content (AvgIpc) is 3.25. The molecule has 0 N–H and O–H groups in total. The molecule has 356 valence electrons. The van der Waals surface area contributed by atoms with Crippen LogP contribution in [0.25, 0.3) is 0 Å². The van der Waals surface area contributed by atoms with Gasteiger partial charge in [0.1, 0.15) is 0 Å². The highest BCUT2D eigenvalue weighted by Crippen LogP contribution is 2.18. The molecule has 0 rings (SSSR count). The zero-order chi connectivity index (χ0) is 42.3. The van der Waals surface area contributed by atoms with E-state index in [1.54, 1.807) is 0 Å². The van der Waals surface area contributed by atoms with E-state index in [0.717, 1.165) is 13.2 Å². The maximum absolute atomic E-state index is 5.95. The van der Waals surface area contributed by atoms with E-state index < -0.39 is 0 Å². The van der Waals surface area contributed by atoms with E-state index in [-0.39, 0.29) is 0 Å². The van der Waals surface area contributed by atoms with Crippen molar-refractivity contribution < 1.29 is 4.74 Å². The standard InChI is InChI=1S/C58H118O/c1-3-5-7-9-11-13-15-17-19-21-23-25-27-29-31-32-34-36-38-40-42-44-46-48-50-52-54-56-58-59-57-55-53-51-49-47-45-43-41-39-37-35-33-30-28-26-24-22-20-18-16-14-12-10-8-6-4-2/h3-58H2,1-2H3. The second kappa shape index (κ2) is 58.0. The van der Waals surface area contributed by atoms with Gasteiger partial charge in [-0.2, -0.15) is 0 Å². The molecule has 0 heterocycles. The molecule has 0 amide bonds. The first kappa shape index (κ1) is 59.0. The number of hydrogen-bond donors (Lipinski definition) is 0. The summed E-state index contributed by atoms with van der Waals surface area (Å²) in [5.41, 5.74) is 0. The van der Waals surface area contributed by atoms with Gasteiger partial charge in [0.15, 0.2) is 0 Å². The van der Waals surface area contributed by atoms with Crippen LogP contribution in [0, 0.1) is 0 Å². The molecule has 0 unspecified atom stereocenters. The van der Waals surface area contributed by atoms with E-state index in [2.05, 4.69) is 13.8 Å². The normalized spacial score (nSPS) is 11.7. The van der Waals surface area contributed by atoms with E-state index in [1.165, 1.54) is 347 Å². The van der Waals surface area contributed by atoms with Crippen molar-refractivity contribution in [3.05, 3.63) is 0 Å². The highest BCUT2D eigenvalue weighted by Gasteiger charge is 1.99. The zero-order valence-electron chi connectivity index (χ0n) is 42.0. The molecule has 1 nitrogen and oxygen atoms in total. The van der Waals surface area contributed by atoms with Crippen LogP contribution in [0.5, 0.6) is 0 Å². The van der Waals surface area contributed by atoms with Gasteiger partial charge < -0.3 is 4.74 Å². The third kappa shape index (κ3) is 58.0. The first-order valence-electron chi connectivity index (χ1n) is 29.0. The van der Waals surface area contributed by atoms with Crippen LogP contribution in [0.15, 0.2) is 0 Å². The summed E-state index contributed by atoms with van der Waals surface area (Å²) < 4.78 is 5.95. The van der Waals surface area contributed by atoms with Crippen molar-refractivity contribution in [1.29, 1.82) is 0 Å². The maximum Gasteiger partial charge on any atom is 0.0466 e. The molecule has 0 fully saturated rings. The van der Waals surface area contributed by atoms with Crippen LogP contribution in [0.2, 0.25) is 0 Å². The zero-order valence-corrected chi connectivity index (χ0v) is 42.0. The molecule has 0 radical (unpaired) electrons. The largest absolute Gasteiger partial charge is 0.381 e. The van der Waals surface area contributed by atoms with Crippen molar-refractivity contribution in [2.24, 2.45) is 0 Å². The van der Waals surface area contributed by atoms with Crippen LogP contribution in [0.1, 0.15) is 361 Å². The van der Waals surface area contributed by atoms with Gasteiger partial charge in [-0.25, -0.2) is 0 Å². The smallest absolute Gasteiger partial charge is 0.0466 e.